The molecule has 1 heteroatoms. The van der Waals surface area contributed by atoms with Gasteiger partial charge in [-0.1, -0.05) is 40.0 Å². The molecule has 1 aliphatic rings. The third kappa shape index (κ3) is 3.61. The van der Waals surface area contributed by atoms with Gasteiger partial charge in [-0.2, -0.15) is 0 Å². The van der Waals surface area contributed by atoms with Crippen LogP contribution in [0.4, 0.5) is 0 Å². The Morgan fingerprint density at radius 3 is 2.64 bits per heavy atom. The van der Waals surface area contributed by atoms with Crippen LogP contribution in [0.5, 0.6) is 0 Å². The minimum Gasteiger partial charge on any atom is -0.311 e. The quantitative estimate of drug-likeness (QED) is 0.724. The first-order valence-corrected chi connectivity index (χ1v) is 6.43. The molecule has 1 unspecified atom stereocenters. The van der Waals surface area contributed by atoms with Crippen molar-refractivity contribution in [3.8, 4) is 0 Å². The first-order chi connectivity index (χ1) is 6.68. The van der Waals surface area contributed by atoms with Gasteiger partial charge in [0, 0.05) is 5.54 Å². The van der Waals surface area contributed by atoms with Crippen LogP contribution < -0.4 is 5.32 Å². The Hall–Kier alpha value is -0.0400. The van der Waals surface area contributed by atoms with E-state index in [0.717, 1.165) is 5.92 Å². The Bertz CT molecular complexity index is 143. The van der Waals surface area contributed by atoms with E-state index in [2.05, 4.69) is 26.1 Å². The van der Waals surface area contributed by atoms with Crippen molar-refractivity contribution in [2.24, 2.45) is 5.92 Å². The number of nitrogens with one attached hydrogen (secondary N) is 1. The van der Waals surface area contributed by atoms with E-state index in [1.165, 1.54) is 51.5 Å². The summed E-state index contributed by atoms with van der Waals surface area (Å²) < 4.78 is 0. The normalized spacial score (nSPS) is 29.1. The summed E-state index contributed by atoms with van der Waals surface area (Å²) in [5, 5.41) is 3.83. The van der Waals surface area contributed by atoms with Crippen molar-refractivity contribution in [3.63, 3.8) is 0 Å². The summed E-state index contributed by atoms with van der Waals surface area (Å²) in [7, 11) is 0. The molecule has 1 aliphatic heterocycles. The summed E-state index contributed by atoms with van der Waals surface area (Å²) in [6.07, 6.45) is 9.69. The molecule has 0 aliphatic carbocycles. The van der Waals surface area contributed by atoms with Gasteiger partial charge in [0.15, 0.2) is 0 Å². The first-order valence-electron chi connectivity index (χ1n) is 6.43. The molecule has 1 fully saturated rings. The second-order valence-electron chi connectivity index (χ2n) is 5.37. The Labute approximate surface area is 89.7 Å². The van der Waals surface area contributed by atoms with Crippen molar-refractivity contribution in [1.29, 1.82) is 0 Å². The highest BCUT2D eigenvalue weighted by molar-refractivity contribution is 4.90. The SMILES string of the molecule is CCCC1(CC(C)C)CCCCCN1. The molecule has 1 N–H and O–H groups in total. The predicted octanol–water partition coefficient (Wildman–Crippen LogP) is 3.74. The molecule has 84 valence electrons. The van der Waals surface area contributed by atoms with Crippen molar-refractivity contribution >= 4 is 0 Å². The van der Waals surface area contributed by atoms with Gasteiger partial charge in [0.05, 0.1) is 0 Å². The smallest absolute Gasteiger partial charge is 0.0183 e. The van der Waals surface area contributed by atoms with Crippen molar-refractivity contribution in [3.05, 3.63) is 0 Å². The maximum absolute atomic E-state index is 3.83. The third-order valence-electron chi connectivity index (χ3n) is 3.36. The minimum atomic E-state index is 0.486. The molecule has 0 aromatic carbocycles. The highest BCUT2D eigenvalue weighted by Crippen LogP contribution is 2.30. The lowest BCUT2D eigenvalue weighted by atomic mass is 9.81. The van der Waals surface area contributed by atoms with Gasteiger partial charge in [0.25, 0.3) is 0 Å². The number of hydrogen-bond donors (Lipinski definition) is 1. The summed E-state index contributed by atoms with van der Waals surface area (Å²) in [6, 6.07) is 0. The van der Waals surface area contributed by atoms with E-state index in [9.17, 15) is 0 Å². The van der Waals surface area contributed by atoms with Gasteiger partial charge in [-0.25, -0.2) is 0 Å². The van der Waals surface area contributed by atoms with Crippen molar-refractivity contribution in [1.82, 2.24) is 5.32 Å². The molecule has 1 heterocycles. The highest BCUT2D eigenvalue weighted by atomic mass is 15.0. The van der Waals surface area contributed by atoms with Gasteiger partial charge in [-0.05, 0) is 38.1 Å². The van der Waals surface area contributed by atoms with E-state index in [-0.39, 0.29) is 0 Å². The zero-order valence-electron chi connectivity index (χ0n) is 10.2. The largest absolute Gasteiger partial charge is 0.311 e. The lowest BCUT2D eigenvalue weighted by molar-refractivity contribution is 0.240. The molecule has 0 radical (unpaired) electrons. The van der Waals surface area contributed by atoms with E-state index in [1.807, 2.05) is 0 Å². The van der Waals surface area contributed by atoms with Crippen LogP contribution in [-0.4, -0.2) is 12.1 Å². The lowest BCUT2D eigenvalue weighted by Crippen LogP contribution is -2.45. The van der Waals surface area contributed by atoms with E-state index < -0.39 is 0 Å². The highest BCUT2D eigenvalue weighted by Gasteiger charge is 2.29. The Kier molecular flexibility index (Phi) is 4.94. The Morgan fingerprint density at radius 2 is 2.00 bits per heavy atom. The molecule has 0 amide bonds. The monoisotopic (exact) mass is 197 g/mol. The van der Waals surface area contributed by atoms with Crippen molar-refractivity contribution < 1.29 is 0 Å². The van der Waals surface area contributed by atoms with Crippen LogP contribution in [0.25, 0.3) is 0 Å². The lowest BCUT2D eigenvalue weighted by Gasteiger charge is -2.35. The fraction of sp³-hybridized carbons (Fsp3) is 1.00. The predicted molar refractivity (Wildman–Crippen MR) is 63.6 cm³/mol. The van der Waals surface area contributed by atoms with Crippen LogP contribution >= 0.6 is 0 Å². The Balaban J connectivity index is 2.57. The molecule has 14 heavy (non-hydrogen) atoms. The second-order valence-corrected chi connectivity index (χ2v) is 5.37. The summed E-state index contributed by atoms with van der Waals surface area (Å²) >= 11 is 0. The fourth-order valence-corrected chi connectivity index (χ4v) is 2.96. The molecule has 1 atom stereocenters. The zero-order chi connectivity index (χ0) is 10.4. The number of rotatable bonds is 4. The second kappa shape index (κ2) is 5.75. The molecule has 1 rings (SSSR count). The maximum atomic E-state index is 3.83. The molecule has 0 spiro atoms. The van der Waals surface area contributed by atoms with E-state index in [4.69, 9.17) is 0 Å². The third-order valence-corrected chi connectivity index (χ3v) is 3.36. The first kappa shape index (κ1) is 12.0. The zero-order valence-corrected chi connectivity index (χ0v) is 10.2. The van der Waals surface area contributed by atoms with Crippen LogP contribution in [0.3, 0.4) is 0 Å². The van der Waals surface area contributed by atoms with Gasteiger partial charge < -0.3 is 5.32 Å². The molecular formula is C13H27N. The van der Waals surface area contributed by atoms with E-state index >= 15 is 0 Å². The molecular weight excluding hydrogens is 170 g/mol. The van der Waals surface area contributed by atoms with Crippen molar-refractivity contribution in [2.45, 2.75) is 71.3 Å². The fourth-order valence-electron chi connectivity index (χ4n) is 2.96. The molecule has 0 bridgehead atoms. The summed E-state index contributed by atoms with van der Waals surface area (Å²) in [4.78, 5) is 0. The standard InChI is InChI=1S/C13H27N/c1-4-8-13(11-12(2)3)9-6-5-7-10-14-13/h12,14H,4-11H2,1-3H3. The van der Waals surface area contributed by atoms with Gasteiger partial charge in [-0.3, -0.25) is 0 Å². The molecule has 0 aromatic heterocycles. The van der Waals surface area contributed by atoms with Gasteiger partial charge in [-0.15, -0.1) is 0 Å². The van der Waals surface area contributed by atoms with Gasteiger partial charge in [0.2, 0.25) is 0 Å². The number of hydrogen-bond acceptors (Lipinski definition) is 1. The van der Waals surface area contributed by atoms with E-state index in [1.54, 1.807) is 0 Å². The minimum absolute atomic E-state index is 0.486. The molecule has 0 saturated carbocycles. The maximum Gasteiger partial charge on any atom is 0.0183 e. The summed E-state index contributed by atoms with van der Waals surface area (Å²) in [6.45, 7) is 8.26. The van der Waals surface area contributed by atoms with Crippen molar-refractivity contribution in [2.75, 3.05) is 6.54 Å². The molecule has 1 saturated heterocycles. The van der Waals surface area contributed by atoms with Crippen LogP contribution in [0.15, 0.2) is 0 Å². The van der Waals surface area contributed by atoms with E-state index in [0.29, 0.717) is 5.54 Å². The van der Waals surface area contributed by atoms with Gasteiger partial charge in [0.1, 0.15) is 0 Å². The topological polar surface area (TPSA) is 12.0 Å². The Morgan fingerprint density at radius 1 is 1.21 bits per heavy atom. The van der Waals surface area contributed by atoms with Gasteiger partial charge >= 0.3 is 0 Å². The average Bonchev–Trinajstić information content (AvgIpc) is 2.30. The summed E-state index contributed by atoms with van der Waals surface area (Å²) in [5.74, 6) is 0.826. The summed E-state index contributed by atoms with van der Waals surface area (Å²) in [5.41, 5.74) is 0.486. The van der Waals surface area contributed by atoms with Crippen LogP contribution in [0, 0.1) is 5.92 Å². The average molecular weight is 197 g/mol. The molecule has 0 aromatic rings. The van der Waals surface area contributed by atoms with Crippen LogP contribution in [0.2, 0.25) is 0 Å². The van der Waals surface area contributed by atoms with Crippen LogP contribution in [0.1, 0.15) is 65.7 Å². The van der Waals surface area contributed by atoms with Crippen LogP contribution in [-0.2, 0) is 0 Å². The molecule has 1 nitrogen and oxygen atoms in total.